The van der Waals surface area contributed by atoms with Crippen molar-refractivity contribution in [1.29, 1.82) is 0 Å². The summed E-state index contributed by atoms with van der Waals surface area (Å²) in [5, 5.41) is 3.12. The summed E-state index contributed by atoms with van der Waals surface area (Å²) in [4.78, 5) is 32.3. The highest BCUT2D eigenvalue weighted by Gasteiger charge is 2.51. The number of fused-ring (bicyclic) bond motifs is 1. The molecule has 2 amide bonds. The summed E-state index contributed by atoms with van der Waals surface area (Å²) in [6, 6.07) is 9.20. The van der Waals surface area contributed by atoms with E-state index in [2.05, 4.69) is 10.3 Å². The van der Waals surface area contributed by atoms with Gasteiger partial charge in [0, 0.05) is 43.0 Å². The molecule has 7 nitrogen and oxygen atoms in total. The molecule has 0 bridgehead atoms. The van der Waals surface area contributed by atoms with Crippen LogP contribution < -0.4 is 14.8 Å². The Kier molecular flexibility index (Phi) is 5.26. The molecule has 2 aromatic rings. The SMILES string of the molecule is O=C(NCc1ccc2c(c1)OCO2)C1CN(C(=O)c2ccncc2)CC12CCCCC2. The topological polar surface area (TPSA) is 80.8 Å². The lowest BCUT2D eigenvalue weighted by molar-refractivity contribution is -0.128. The second-order valence-corrected chi connectivity index (χ2v) is 8.80. The van der Waals surface area contributed by atoms with Gasteiger partial charge in [-0.3, -0.25) is 14.6 Å². The number of amides is 2. The number of ether oxygens (including phenoxy) is 2. The molecule has 162 valence electrons. The summed E-state index contributed by atoms with van der Waals surface area (Å²) in [5.74, 6) is 1.28. The largest absolute Gasteiger partial charge is 0.454 e. The van der Waals surface area contributed by atoms with Gasteiger partial charge < -0.3 is 19.7 Å². The van der Waals surface area contributed by atoms with E-state index in [1.807, 2.05) is 23.1 Å². The smallest absolute Gasteiger partial charge is 0.254 e. The molecule has 2 aliphatic heterocycles. The molecule has 2 fully saturated rings. The summed E-state index contributed by atoms with van der Waals surface area (Å²) in [7, 11) is 0. The van der Waals surface area contributed by atoms with Gasteiger partial charge in [-0.15, -0.1) is 0 Å². The Bertz CT molecular complexity index is 972. The molecule has 1 aromatic carbocycles. The van der Waals surface area contributed by atoms with Gasteiger partial charge in [0.15, 0.2) is 11.5 Å². The highest BCUT2D eigenvalue weighted by atomic mass is 16.7. The molecular formula is C24H27N3O4. The lowest BCUT2D eigenvalue weighted by atomic mass is 9.67. The predicted octanol–water partition coefficient (Wildman–Crippen LogP) is 3.15. The van der Waals surface area contributed by atoms with Gasteiger partial charge in [-0.1, -0.05) is 25.3 Å². The molecule has 1 spiro atoms. The van der Waals surface area contributed by atoms with Crippen molar-refractivity contribution in [1.82, 2.24) is 15.2 Å². The molecule has 1 N–H and O–H groups in total. The van der Waals surface area contributed by atoms with Crippen LogP contribution in [0.2, 0.25) is 0 Å². The third-order valence-corrected chi connectivity index (χ3v) is 6.93. The number of likely N-dealkylation sites (tertiary alicyclic amines) is 1. The van der Waals surface area contributed by atoms with Crippen LogP contribution in [-0.2, 0) is 11.3 Å². The number of rotatable bonds is 4. The predicted molar refractivity (Wildman–Crippen MR) is 114 cm³/mol. The standard InChI is InChI=1S/C24H27N3O4/c28-22(26-13-17-4-5-20-21(12-17)31-16-30-20)19-14-27(15-24(19)8-2-1-3-9-24)23(29)18-6-10-25-11-7-18/h4-7,10-12,19H,1-3,8-9,13-16H2,(H,26,28). The van der Waals surface area contributed by atoms with Crippen LogP contribution in [0.15, 0.2) is 42.7 Å². The molecule has 3 heterocycles. The molecule has 1 atom stereocenters. The van der Waals surface area contributed by atoms with E-state index in [0.29, 0.717) is 30.9 Å². The van der Waals surface area contributed by atoms with Gasteiger partial charge >= 0.3 is 0 Å². The maximum Gasteiger partial charge on any atom is 0.254 e. The maximum absolute atomic E-state index is 13.3. The van der Waals surface area contributed by atoms with Gasteiger partial charge in [-0.25, -0.2) is 0 Å². The van der Waals surface area contributed by atoms with Crippen molar-refractivity contribution in [3.05, 3.63) is 53.9 Å². The van der Waals surface area contributed by atoms with Gasteiger partial charge in [0.05, 0.1) is 5.92 Å². The van der Waals surface area contributed by atoms with E-state index in [1.165, 1.54) is 6.42 Å². The number of carbonyl (C=O) groups is 2. The van der Waals surface area contributed by atoms with Crippen molar-refractivity contribution in [2.45, 2.75) is 38.6 Å². The number of aromatic nitrogens is 1. The van der Waals surface area contributed by atoms with Crippen LogP contribution in [0.4, 0.5) is 0 Å². The lowest BCUT2D eigenvalue weighted by Crippen LogP contribution is -2.42. The lowest BCUT2D eigenvalue weighted by Gasteiger charge is -2.37. The minimum atomic E-state index is -0.187. The van der Waals surface area contributed by atoms with Gasteiger partial charge in [0.2, 0.25) is 12.7 Å². The first-order chi connectivity index (χ1) is 15.1. The van der Waals surface area contributed by atoms with Crippen LogP contribution in [-0.4, -0.2) is 41.6 Å². The number of benzene rings is 1. The zero-order valence-electron chi connectivity index (χ0n) is 17.5. The minimum absolute atomic E-state index is 0.0154. The van der Waals surface area contributed by atoms with E-state index < -0.39 is 0 Å². The summed E-state index contributed by atoms with van der Waals surface area (Å²) in [6.45, 7) is 1.78. The summed E-state index contributed by atoms with van der Waals surface area (Å²) in [6.07, 6.45) is 8.69. The van der Waals surface area contributed by atoms with Gasteiger partial charge in [-0.2, -0.15) is 0 Å². The Labute approximate surface area is 181 Å². The molecule has 1 saturated heterocycles. The van der Waals surface area contributed by atoms with Crippen LogP contribution in [0, 0.1) is 11.3 Å². The van der Waals surface area contributed by atoms with Crippen LogP contribution in [0.5, 0.6) is 11.5 Å². The molecule has 1 saturated carbocycles. The fourth-order valence-electron chi connectivity index (χ4n) is 5.29. The third kappa shape index (κ3) is 3.84. The Morgan fingerprint density at radius 3 is 2.65 bits per heavy atom. The Balaban J connectivity index is 1.30. The average molecular weight is 421 g/mol. The maximum atomic E-state index is 13.3. The van der Waals surface area contributed by atoms with E-state index in [1.54, 1.807) is 24.5 Å². The molecular weight excluding hydrogens is 394 g/mol. The normalized spacial score (nSPS) is 21.3. The first kappa shape index (κ1) is 19.8. The second-order valence-electron chi connectivity index (χ2n) is 8.80. The van der Waals surface area contributed by atoms with E-state index >= 15 is 0 Å². The fraction of sp³-hybridized carbons (Fsp3) is 0.458. The molecule has 1 unspecified atom stereocenters. The molecule has 1 aliphatic carbocycles. The van der Waals surface area contributed by atoms with Gasteiger partial charge in [-0.05, 0) is 42.7 Å². The fourth-order valence-corrected chi connectivity index (χ4v) is 5.29. The van der Waals surface area contributed by atoms with Crippen LogP contribution in [0.25, 0.3) is 0 Å². The summed E-state index contributed by atoms with van der Waals surface area (Å²) in [5.41, 5.74) is 1.47. The van der Waals surface area contributed by atoms with Crippen molar-refractivity contribution < 1.29 is 19.1 Å². The average Bonchev–Trinajstić information content (AvgIpc) is 3.42. The molecule has 5 rings (SSSR count). The summed E-state index contributed by atoms with van der Waals surface area (Å²) < 4.78 is 10.8. The number of hydrogen-bond acceptors (Lipinski definition) is 5. The zero-order valence-corrected chi connectivity index (χ0v) is 17.5. The van der Waals surface area contributed by atoms with Crippen LogP contribution in [0.3, 0.4) is 0 Å². The Morgan fingerprint density at radius 1 is 1.06 bits per heavy atom. The zero-order chi connectivity index (χ0) is 21.3. The first-order valence-electron chi connectivity index (χ1n) is 11.0. The van der Waals surface area contributed by atoms with Crippen molar-refractivity contribution in [2.24, 2.45) is 11.3 Å². The Morgan fingerprint density at radius 2 is 1.84 bits per heavy atom. The van der Waals surface area contributed by atoms with Crippen LogP contribution in [0.1, 0.15) is 48.0 Å². The number of carbonyl (C=O) groups excluding carboxylic acids is 2. The third-order valence-electron chi connectivity index (χ3n) is 6.93. The number of pyridine rings is 1. The number of nitrogens with one attached hydrogen (secondary N) is 1. The quantitative estimate of drug-likeness (QED) is 0.820. The van der Waals surface area contributed by atoms with Crippen molar-refractivity contribution in [3.63, 3.8) is 0 Å². The molecule has 31 heavy (non-hydrogen) atoms. The number of hydrogen-bond donors (Lipinski definition) is 1. The van der Waals surface area contributed by atoms with Crippen molar-refractivity contribution >= 4 is 11.8 Å². The minimum Gasteiger partial charge on any atom is -0.454 e. The highest BCUT2D eigenvalue weighted by Crippen LogP contribution is 2.48. The monoisotopic (exact) mass is 421 g/mol. The Hall–Kier alpha value is -3.09. The molecule has 7 heteroatoms. The van der Waals surface area contributed by atoms with Crippen LogP contribution >= 0.6 is 0 Å². The van der Waals surface area contributed by atoms with Crippen molar-refractivity contribution in [3.8, 4) is 11.5 Å². The molecule has 1 aromatic heterocycles. The van der Waals surface area contributed by atoms with E-state index in [-0.39, 0.29) is 29.9 Å². The number of nitrogens with zero attached hydrogens (tertiary/aromatic N) is 2. The van der Waals surface area contributed by atoms with E-state index in [9.17, 15) is 9.59 Å². The molecule has 3 aliphatic rings. The van der Waals surface area contributed by atoms with Gasteiger partial charge in [0.1, 0.15) is 0 Å². The highest BCUT2D eigenvalue weighted by molar-refractivity contribution is 5.95. The summed E-state index contributed by atoms with van der Waals surface area (Å²) >= 11 is 0. The van der Waals surface area contributed by atoms with E-state index in [4.69, 9.17) is 9.47 Å². The first-order valence-corrected chi connectivity index (χ1v) is 11.0. The second kappa shape index (κ2) is 8.21. The molecule has 0 radical (unpaired) electrons. The van der Waals surface area contributed by atoms with Gasteiger partial charge in [0.25, 0.3) is 5.91 Å². The van der Waals surface area contributed by atoms with Crippen molar-refractivity contribution in [2.75, 3.05) is 19.9 Å². The van der Waals surface area contributed by atoms with E-state index in [0.717, 1.165) is 37.0 Å².